The molecule has 0 radical (unpaired) electrons. The smallest absolute Gasteiger partial charge is 0.253 e. The molecule has 1 amide bonds. The maximum Gasteiger partial charge on any atom is 0.253 e. The number of anilines is 2. The highest BCUT2D eigenvalue weighted by Gasteiger charge is 2.23. The minimum absolute atomic E-state index is 0.0750. The van der Waals surface area contributed by atoms with Crippen LogP contribution in [0.25, 0.3) is 5.82 Å². The Balaban J connectivity index is 1.43. The van der Waals surface area contributed by atoms with Gasteiger partial charge in [-0.25, -0.2) is 14.6 Å². The first-order chi connectivity index (χ1) is 14.4. The first kappa shape index (κ1) is 19.9. The summed E-state index contributed by atoms with van der Waals surface area (Å²) in [5.41, 5.74) is 3.80. The van der Waals surface area contributed by atoms with Crippen molar-refractivity contribution in [3.8, 4) is 5.82 Å². The van der Waals surface area contributed by atoms with Gasteiger partial charge in [-0.2, -0.15) is 5.10 Å². The van der Waals surface area contributed by atoms with Crippen LogP contribution in [0.5, 0.6) is 0 Å². The van der Waals surface area contributed by atoms with Gasteiger partial charge in [0.15, 0.2) is 5.82 Å². The summed E-state index contributed by atoms with van der Waals surface area (Å²) >= 11 is 0. The van der Waals surface area contributed by atoms with Gasteiger partial charge >= 0.3 is 0 Å². The molecule has 8 heteroatoms. The minimum Gasteiger partial charge on any atom is -0.378 e. The van der Waals surface area contributed by atoms with Crippen LogP contribution in [-0.2, 0) is 0 Å². The molecule has 0 saturated carbocycles. The van der Waals surface area contributed by atoms with E-state index in [1.54, 1.807) is 6.33 Å². The molecule has 3 aromatic rings. The zero-order valence-electron chi connectivity index (χ0n) is 17.9. The van der Waals surface area contributed by atoms with Gasteiger partial charge in [0.05, 0.1) is 5.69 Å². The normalized spacial score (nSPS) is 14.1. The van der Waals surface area contributed by atoms with Gasteiger partial charge in [-0.05, 0) is 44.2 Å². The van der Waals surface area contributed by atoms with Gasteiger partial charge in [-0.3, -0.25) is 4.79 Å². The highest BCUT2D eigenvalue weighted by Crippen LogP contribution is 2.19. The van der Waals surface area contributed by atoms with Crippen LogP contribution in [0.2, 0.25) is 0 Å². The van der Waals surface area contributed by atoms with Crippen molar-refractivity contribution in [2.24, 2.45) is 0 Å². The number of carbonyl (C=O) groups is 1. The minimum atomic E-state index is 0.0750. The summed E-state index contributed by atoms with van der Waals surface area (Å²) in [5.74, 6) is 1.69. The molecule has 3 heterocycles. The number of hydrogen-bond donors (Lipinski definition) is 0. The van der Waals surface area contributed by atoms with Crippen molar-refractivity contribution < 1.29 is 4.79 Å². The molecule has 4 rings (SSSR count). The lowest BCUT2D eigenvalue weighted by Gasteiger charge is -2.35. The number of carbonyl (C=O) groups excluding carboxylic acids is 1. The van der Waals surface area contributed by atoms with Crippen LogP contribution in [0, 0.1) is 13.8 Å². The fourth-order valence-electron chi connectivity index (χ4n) is 3.71. The van der Waals surface area contributed by atoms with E-state index in [1.165, 1.54) is 0 Å². The van der Waals surface area contributed by atoms with Crippen molar-refractivity contribution in [3.05, 3.63) is 59.7 Å². The molecule has 0 unspecified atom stereocenters. The molecule has 1 aliphatic rings. The van der Waals surface area contributed by atoms with Crippen LogP contribution in [-0.4, -0.2) is 70.8 Å². The lowest BCUT2D eigenvalue weighted by atomic mass is 10.1. The summed E-state index contributed by atoms with van der Waals surface area (Å²) in [4.78, 5) is 27.8. The van der Waals surface area contributed by atoms with Crippen LogP contribution in [0.15, 0.2) is 42.7 Å². The van der Waals surface area contributed by atoms with Crippen LogP contribution >= 0.6 is 0 Å². The van der Waals surface area contributed by atoms with E-state index in [9.17, 15) is 4.79 Å². The highest BCUT2D eigenvalue weighted by atomic mass is 16.2. The third-order valence-corrected chi connectivity index (χ3v) is 5.39. The molecule has 0 spiro atoms. The summed E-state index contributed by atoms with van der Waals surface area (Å²) in [6.45, 7) is 6.76. The predicted molar refractivity (Wildman–Crippen MR) is 118 cm³/mol. The van der Waals surface area contributed by atoms with Gasteiger partial charge in [0.2, 0.25) is 0 Å². The van der Waals surface area contributed by atoms with Gasteiger partial charge in [0.25, 0.3) is 5.91 Å². The average molecular weight is 406 g/mol. The third kappa shape index (κ3) is 3.98. The second kappa shape index (κ2) is 8.14. The molecule has 1 fully saturated rings. The van der Waals surface area contributed by atoms with Crippen LogP contribution in [0.1, 0.15) is 21.7 Å². The Morgan fingerprint density at radius 1 is 0.933 bits per heavy atom. The Morgan fingerprint density at radius 3 is 2.20 bits per heavy atom. The van der Waals surface area contributed by atoms with Crippen molar-refractivity contribution in [2.45, 2.75) is 13.8 Å². The molecule has 2 aromatic heterocycles. The molecule has 0 bridgehead atoms. The van der Waals surface area contributed by atoms with Gasteiger partial charge < -0.3 is 14.7 Å². The number of piperazine rings is 1. The fourth-order valence-corrected chi connectivity index (χ4v) is 3.71. The summed E-state index contributed by atoms with van der Waals surface area (Å²) in [6.07, 6.45) is 1.57. The number of benzene rings is 1. The van der Waals surface area contributed by atoms with Crippen LogP contribution < -0.4 is 9.80 Å². The molecule has 0 atom stereocenters. The Hall–Kier alpha value is -3.42. The van der Waals surface area contributed by atoms with Gasteiger partial charge in [0, 0.05) is 63.3 Å². The molecule has 0 N–H and O–H groups in total. The summed E-state index contributed by atoms with van der Waals surface area (Å²) < 4.78 is 1.83. The molecule has 0 aliphatic carbocycles. The van der Waals surface area contributed by atoms with E-state index in [-0.39, 0.29) is 5.91 Å². The van der Waals surface area contributed by atoms with E-state index < -0.39 is 0 Å². The number of hydrogen-bond acceptors (Lipinski definition) is 6. The van der Waals surface area contributed by atoms with E-state index >= 15 is 0 Å². The number of amides is 1. The highest BCUT2D eigenvalue weighted by molar-refractivity contribution is 5.94. The second-order valence-electron chi connectivity index (χ2n) is 7.79. The van der Waals surface area contributed by atoms with Crippen LogP contribution in [0.3, 0.4) is 0 Å². The lowest BCUT2D eigenvalue weighted by molar-refractivity contribution is 0.0746. The summed E-state index contributed by atoms with van der Waals surface area (Å²) in [5, 5.41) is 4.50. The molecule has 30 heavy (non-hydrogen) atoms. The Kier molecular flexibility index (Phi) is 5.39. The Bertz CT molecular complexity index is 1030. The Morgan fingerprint density at radius 2 is 1.60 bits per heavy atom. The monoisotopic (exact) mass is 405 g/mol. The average Bonchev–Trinajstić information content (AvgIpc) is 3.11. The topological polar surface area (TPSA) is 70.4 Å². The van der Waals surface area contributed by atoms with Crippen molar-refractivity contribution in [1.29, 1.82) is 0 Å². The lowest BCUT2D eigenvalue weighted by Crippen LogP contribution is -2.49. The van der Waals surface area contributed by atoms with Crippen molar-refractivity contribution in [1.82, 2.24) is 24.6 Å². The van der Waals surface area contributed by atoms with Gasteiger partial charge in [-0.1, -0.05) is 0 Å². The predicted octanol–water partition coefficient (Wildman–Crippen LogP) is 2.31. The van der Waals surface area contributed by atoms with Crippen molar-refractivity contribution >= 4 is 17.4 Å². The van der Waals surface area contributed by atoms with E-state index in [0.717, 1.165) is 47.4 Å². The first-order valence-electron chi connectivity index (χ1n) is 10.1. The van der Waals surface area contributed by atoms with E-state index in [4.69, 9.17) is 0 Å². The Labute approximate surface area is 176 Å². The molecule has 1 aliphatic heterocycles. The van der Waals surface area contributed by atoms with Crippen LogP contribution in [0.4, 0.5) is 11.5 Å². The number of aromatic nitrogens is 4. The number of aryl methyl sites for hydroxylation is 2. The maximum absolute atomic E-state index is 12.9. The number of rotatable bonds is 4. The van der Waals surface area contributed by atoms with E-state index in [0.29, 0.717) is 13.1 Å². The molecule has 1 aromatic carbocycles. The van der Waals surface area contributed by atoms with Gasteiger partial charge in [0.1, 0.15) is 12.1 Å². The summed E-state index contributed by atoms with van der Waals surface area (Å²) in [6, 6.07) is 11.7. The molecular formula is C22H27N7O. The standard InChI is InChI=1S/C22H27N7O/c1-16-13-17(2)29(25-16)21-14-20(23-15-24-21)27-9-11-28(12-10-27)22(30)18-5-7-19(8-6-18)26(3)4/h5-8,13-15H,9-12H2,1-4H3. The maximum atomic E-state index is 12.9. The quantitative estimate of drug-likeness (QED) is 0.663. The molecule has 1 saturated heterocycles. The van der Waals surface area contributed by atoms with Gasteiger partial charge in [-0.15, -0.1) is 0 Å². The first-order valence-corrected chi connectivity index (χ1v) is 10.1. The molecular weight excluding hydrogens is 378 g/mol. The zero-order chi connectivity index (χ0) is 21.3. The number of nitrogens with zero attached hydrogens (tertiary/aromatic N) is 7. The SMILES string of the molecule is Cc1cc(C)n(-c2cc(N3CCN(C(=O)c4ccc(N(C)C)cc4)CC3)ncn2)n1. The second-order valence-corrected chi connectivity index (χ2v) is 7.79. The largest absolute Gasteiger partial charge is 0.378 e. The van der Waals surface area contributed by atoms with Crippen molar-refractivity contribution in [2.75, 3.05) is 50.1 Å². The van der Waals surface area contributed by atoms with E-state index in [1.807, 2.05) is 78.8 Å². The summed E-state index contributed by atoms with van der Waals surface area (Å²) in [7, 11) is 3.98. The molecule has 156 valence electrons. The molecule has 8 nitrogen and oxygen atoms in total. The van der Waals surface area contributed by atoms with E-state index in [2.05, 4.69) is 20.0 Å². The third-order valence-electron chi connectivity index (χ3n) is 5.39. The fraction of sp³-hybridized carbons (Fsp3) is 0.364. The van der Waals surface area contributed by atoms with Crippen molar-refractivity contribution in [3.63, 3.8) is 0 Å². The zero-order valence-corrected chi connectivity index (χ0v) is 17.9.